The van der Waals surface area contributed by atoms with E-state index in [2.05, 4.69) is 27.7 Å². The zero-order valence-corrected chi connectivity index (χ0v) is 21.1. The van der Waals surface area contributed by atoms with Crippen LogP contribution in [0.3, 0.4) is 0 Å². The van der Waals surface area contributed by atoms with Gasteiger partial charge in [-0.1, -0.05) is 52.0 Å². The molecular formula is C28H35FN4O2. The van der Waals surface area contributed by atoms with Crippen LogP contribution in [-0.4, -0.2) is 50.8 Å². The van der Waals surface area contributed by atoms with Crippen LogP contribution in [0.5, 0.6) is 0 Å². The Labute approximate surface area is 206 Å². The first-order valence-electron chi connectivity index (χ1n) is 12.5. The van der Waals surface area contributed by atoms with E-state index in [-0.39, 0.29) is 30.1 Å². The Morgan fingerprint density at radius 3 is 2.37 bits per heavy atom. The molecule has 2 amide bonds. The molecule has 1 saturated heterocycles. The molecule has 6 nitrogen and oxygen atoms in total. The fraction of sp³-hybridized carbons (Fsp3) is 0.464. The fourth-order valence-corrected chi connectivity index (χ4v) is 4.88. The molecule has 0 bridgehead atoms. The average Bonchev–Trinajstić information content (AvgIpc) is 3.34. The molecule has 0 radical (unpaired) electrons. The number of hydrogen-bond acceptors (Lipinski definition) is 3. The van der Waals surface area contributed by atoms with Crippen LogP contribution in [0.1, 0.15) is 51.4 Å². The summed E-state index contributed by atoms with van der Waals surface area (Å²) in [6, 6.07) is 14.1. The summed E-state index contributed by atoms with van der Waals surface area (Å²) in [6.45, 7) is 11.1. The normalized spacial score (nSPS) is 16.1. The minimum absolute atomic E-state index is 0.0468. The van der Waals surface area contributed by atoms with Gasteiger partial charge in [-0.2, -0.15) is 0 Å². The lowest BCUT2D eigenvalue weighted by Crippen LogP contribution is -2.39. The Balaban J connectivity index is 1.59. The first-order chi connectivity index (χ1) is 16.7. The third kappa shape index (κ3) is 5.89. The van der Waals surface area contributed by atoms with Crippen molar-refractivity contribution >= 4 is 22.8 Å². The minimum atomic E-state index is -0.290. The van der Waals surface area contributed by atoms with E-state index in [0.29, 0.717) is 44.4 Å². The first-order valence-corrected chi connectivity index (χ1v) is 12.5. The second-order valence-electron chi connectivity index (χ2n) is 10.4. The maximum atomic E-state index is 13.5. The van der Waals surface area contributed by atoms with Crippen LogP contribution in [0.15, 0.2) is 48.5 Å². The van der Waals surface area contributed by atoms with Gasteiger partial charge in [-0.3, -0.25) is 9.59 Å². The third-order valence-electron chi connectivity index (χ3n) is 6.37. The number of carbonyl (C=O) groups excluding carboxylic acids is 2. The zero-order chi connectivity index (χ0) is 25.1. The number of rotatable bonds is 9. The molecule has 7 heteroatoms. The topological polar surface area (TPSA) is 58.4 Å². The van der Waals surface area contributed by atoms with Crippen molar-refractivity contribution in [2.24, 2.45) is 11.8 Å². The van der Waals surface area contributed by atoms with E-state index in [1.165, 1.54) is 12.1 Å². The number of benzene rings is 2. The van der Waals surface area contributed by atoms with Crippen LogP contribution in [0.2, 0.25) is 0 Å². The Bertz CT molecular complexity index is 1180. The maximum Gasteiger partial charge on any atom is 0.242 e. The van der Waals surface area contributed by atoms with Crippen molar-refractivity contribution in [3.8, 4) is 0 Å². The number of likely N-dealkylation sites (tertiary alicyclic amines) is 1. The molecule has 1 atom stereocenters. The summed E-state index contributed by atoms with van der Waals surface area (Å²) < 4.78 is 15.3. The van der Waals surface area contributed by atoms with E-state index in [0.717, 1.165) is 22.4 Å². The molecule has 2 heterocycles. The number of fused-ring (bicyclic) bond motifs is 1. The highest BCUT2D eigenvalue weighted by Gasteiger charge is 2.34. The van der Waals surface area contributed by atoms with E-state index >= 15 is 0 Å². The molecule has 3 aromatic rings. The molecule has 1 aliphatic heterocycles. The van der Waals surface area contributed by atoms with E-state index in [1.807, 2.05) is 33.7 Å². The van der Waals surface area contributed by atoms with Crippen molar-refractivity contribution in [2.75, 3.05) is 19.6 Å². The van der Waals surface area contributed by atoms with Gasteiger partial charge in [0.1, 0.15) is 18.2 Å². The number of carbonyl (C=O) groups is 2. The predicted octanol–water partition coefficient (Wildman–Crippen LogP) is 4.83. The van der Waals surface area contributed by atoms with E-state index in [9.17, 15) is 14.0 Å². The van der Waals surface area contributed by atoms with Gasteiger partial charge in [-0.15, -0.1) is 0 Å². The van der Waals surface area contributed by atoms with Crippen molar-refractivity contribution < 1.29 is 14.0 Å². The quantitative estimate of drug-likeness (QED) is 0.443. The molecule has 35 heavy (non-hydrogen) atoms. The van der Waals surface area contributed by atoms with Gasteiger partial charge in [0.05, 0.1) is 11.0 Å². The maximum absolute atomic E-state index is 13.5. The molecule has 4 rings (SSSR count). The lowest BCUT2D eigenvalue weighted by atomic mass is 10.1. The molecule has 2 aromatic carbocycles. The summed E-state index contributed by atoms with van der Waals surface area (Å²) in [5, 5.41) is 0. The highest BCUT2D eigenvalue weighted by molar-refractivity contribution is 5.83. The fourth-order valence-electron chi connectivity index (χ4n) is 4.88. The summed E-state index contributed by atoms with van der Waals surface area (Å²) in [4.78, 5) is 35.0. The highest BCUT2D eigenvalue weighted by Crippen LogP contribution is 2.31. The molecule has 0 saturated carbocycles. The summed E-state index contributed by atoms with van der Waals surface area (Å²) in [6.07, 6.45) is 0.348. The lowest BCUT2D eigenvalue weighted by Gasteiger charge is -2.27. The predicted molar refractivity (Wildman–Crippen MR) is 135 cm³/mol. The molecule has 1 aromatic heterocycles. The number of aromatic nitrogens is 2. The standard InChI is InChI=1S/C28H35FN4O2/c1-19(2)14-31(15-20(3)4)27(35)18-33-25-8-6-5-7-24(25)30-28(33)22-13-26(34)32(17-22)16-21-9-11-23(29)12-10-21/h5-12,19-20,22H,13-18H2,1-4H3/t22-/m0/s1. The van der Waals surface area contributed by atoms with Crippen molar-refractivity contribution in [3.05, 3.63) is 65.7 Å². The van der Waals surface area contributed by atoms with Gasteiger partial charge in [0.15, 0.2) is 0 Å². The average molecular weight is 479 g/mol. The van der Waals surface area contributed by atoms with Crippen molar-refractivity contribution in [1.82, 2.24) is 19.4 Å². The summed E-state index contributed by atoms with van der Waals surface area (Å²) in [7, 11) is 0. The smallest absolute Gasteiger partial charge is 0.242 e. The van der Waals surface area contributed by atoms with Crippen LogP contribution >= 0.6 is 0 Å². The summed E-state index contributed by atoms with van der Waals surface area (Å²) >= 11 is 0. The van der Waals surface area contributed by atoms with Crippen molar-refractivity contribution in [2.45, 2.75) is 53.1 Å². The van der Waals surface area contributed by atoms with Gasteiger partial charge < -0.3 is 14.4 Å². The van der Waals surface area contributed by atoms with Crippen molar-refractivity contribution in [1.29, 1.82) is 0 Å². The van der Waals surface area contributed by atoms with Crippen LogP contribution in [0.25, 0.3) is 11.0 Å². The second kappa shape index (κ2) is 10.6. The summed E-state index contributed by atoms with van der Waals surface area (Å²) in [5.74, 6) is 1.26. The van der Waals surface area contributed by atoms with Crippen LogP contribution < -0.4 is 0 Å². The second-order valence-corrected chi connectivity index (χ2v) is 10.4. The van der Waals surface area contributed by atoms with Crippen LogP contribution in [0, 0.1) is 17.7 Å². The monoisotopic (exact) mass is 478 g/mol. The molecule has 0 aliphatic carbocycles. The Morgan fingerprint density at radius 1 is 1.06 bits per heavy atom. The van der Waals surface area contributed by atoms with Gasteiger partial charge in [0.2, 0.25) is 11.8 Å². The van der Waals surface area contributed by atoms with E-state index in [1.54, 1.807) is 17.0 Å². The van der Waals surface area contributed by atoms with Crippen LogP contribution in [0.4, 0.5) is 4.39 Å². The Kier molecular flexibility index (Phi) is 7.53. The number of amides is 2. The number of imidazole rings is 1. The molecule has 0 spiro atoms. The number of halogens is 1. The lowest BCUT2D eigenvalue weighted by molar-refractivity contribution is -0.133. The molecule has 0 N–H and O–H groups in total. The molecular weight excluding hydrogens is 443 g/mol. The van der Waals surface area contributed by atoms with Crippen molar-refractivity contribution in [3.63, 3.8) is 0 Å². The Hall–Kier alpha value is -3.22. The van der Waals surface area contributed by atoms with E-state index in [4.69, 9.17) is 4.98 Å². The van der Waals surface area contributed by atoms with Gasteiger partial charge in [-0.25, -0.2) is 9.37 Å². The molecule has 1 fully saturated rings. The summed E-state index contributed by atoms with van der Waals surface area (Å²) in [5.41, 5.74) is 2.63. The Morgan fingerprint density at radius 2 is 1.71 bits per heavy atom. The first kappa shape index (κ1) is 24.9. The van der Waals surface area contributed by atoms with Crippen LogP contribution in [-0.2, 0) is 22.7 Å². The van der Waals surface area contributed by atoms with Gasteiger partial charge >= 0.3 is 0 Å². The number of nitrogens with zero attached hydrogens (tertiary/aromatic N) is 4. The largest absolute Gasteiger partial charge is 0.341 e. The highest BCUT2D eigenvalue weighted by atomic mass is 19.1. The SMILES string of the molecule is CC(C)CN(CC(C)C)C(=O)Cn1c([C@H]2CC(=O)N(Cc3ccc(F)cc3)C2)nc2ccccc21. The van der Waals surface area contributed by atoms with Gasteiger partial charge in [0.25, 0.3) is 0 Å². The van der Waals surface area contributed by atoms with Gasteiger partial charge in [0, 0.05) is 38.5 Å². The van der Waals surface area contributed by atoms with Gasteiger partial charge in [-0.05, 0) is 41.7 Å². The van der Waals surface area contributed by atoms with E-state index < -0.39 is 0 Å². The number of hydrogen-bond donors (Lipinski definition) is 0. The zero-order valence-electron chi connectivity index (χ0n) is 21.1. The number of para-hydroxylation sites is 2. The molecule has 186 valence electrons. The molecule has 1 aliphatic rings. The third-order valence-corrected chi connectivity index (χ3v) is 6.37. The molecule has 0 unspecified atom stereocenters. The minimum Gasteiger partial charge on any atom is -0.341 e.